The van der Waals surface area contributed by atoms with Gasteiger partial charge in [-0.25, -0.2) is 0 Å². The molecule has 2 aliphatic rings. The lowest BCUT2D eigenvalue weighted by molar-refractivity contribution is -0.0533. The first-order chi connectivity index (χ1) is 7.65. The van der Waals surface area contributed by atoms with Gasteiger partial charge in [-0.2, -0.15) is 0 Å². The second kappa shape index (κ2) is 5.48. The quantitative estimate of drug-likeness (QED) is 0.772. The van der Waals surface area contributed by atoms with Crippen LogP contribution < -0.4 is 5.32 Å². The zero-order valence-electron chi connectivity index (χ0n) is 10.9. The summed E-state index contributed by atoms with van der Waals surface area (Å²) in [6.07, 6.45) is 3.07. The molecule has 0 aromatic heterocycles. The number of nitrogens with zero attached hydrogens (tertiary/aromatic N) is 1. The lowest BCUT2D eigenvalue weighted by Crippen LogP contribution is -2.53. The zero-order chi connectivity index (χ0) is 11.5. The summed E-state index contributed by atoms with van der Waals surface area (Å²) in [4.78, 5) is 2.59. The molecule has 0 radical (unpaired) electrons. The first-order valence-electron chi connectivity index (χ1n) is 6.74. The third-order valence-corrected chi connectivity index (χ3v) is 3.95. The van der Waals surface area contributed by atoms with Gasteiger partial charge in [-0.05, 0) is 39.2 Å². The lowest BCUT2D eigenvalue weighted by Gasteiger charge is -2.40. The summed E-state index contributed by atoms with van der Waals surface area (Å²) in [5, 5.41) is 3.65. The highest BCUT2D eigenvalue weighted by molar-refractivity contribution is 4.83. The fourth-order valence-electron chi connectivity index (χ4n) is 2.87. The van der Waals surface area contributed by atoms with E-state index in [0.717, 1.165) is 19.1 Å². The molecule has 0 aliphatic carbocycles. The standard InChI is InChI=1S/C13H26N2O/c1-10-4-5-14-13(6-10)8-15-7-12(3)16-9-11(15)2/h10-14H,4-9H2,1-3H3. The van der Waals surface area contributed by atoms with Gasteiger partial charge in [0.25, 0.3) is 0 Å². The number of piperidine rings is 1. The smallest absolute Gasteiger partial charge is 0.0674 e. The Morgan fingerprint density at radius 1 is 1.31 bits per heavy atom. The van der Waals surface area contributed by atoms with Crippen LogP contribution in [0.15, 0.2) is 0 Å². The van der Waals surface area contributed by atoms with Crippen molar-refractivity contribution in [3.05, 3.63) is 0 Å². The molecule has 0 bridgehead atoms. The van der Waals surface area contributed by atoms with Gasteiger partial charge in [0.15, 0.2) is 0 Å². The minimum Gasteiger partial charge on any atom is -0.376 e. The number of hydrogen-bond donors (Lipinski definition) is 1. The van der Waals surface area contributed by atoms with E-state index < -0.39 is 0 Å². The van der Waals surface area contributed by atoms with Crippen LogP contribution in [0.3, 0.4) is 0 Å². The van der Waals surface area contributed by atoms with Crippen molar-refractivity contribution in [2.45, 2.75) is 51.8 Å². The number of morpholine rings is 1. The van der Waals surface area contributed by atoms with Gasteiger partial charge in [-0.1, -0.05) is 6.92 Å². The average Bonchev–Trinajstić information content (AvgIpc) is 2.24. The van der Waals surface area contributed by atoms with Crippen molar-refractivity contribution in [3.63, 3.8) is 0 Å². The Morgan fingerprint density at radius 3 is 2.88 bits per heavy atom. The minimum atomic E-state index is 0.400. The normalized spacial score (nSPS) is 42.2. The molecule has 0 aromatic carbocycles. The van der Waals surface area contributed by atoms with E-state index >= 15 is 0 Å². The van der Waals surface area contributed by atoms with Crippen LogP contribution in [0.25, 0.3) is 0 Å². The summed E-state index contributed by atoms with van der Waals surface area (Å²) in [6.45, 7) is 11.2. The maximum Gasteiger partial charge on any atom is 0.0674 e. The molecule has 16 heavy (non-hydrogen) atoms. The molecule has 4 atom stereocenters. The molecule has 4 unspecified atom stereocenters. The molecule has 2 fully saturated rings. The lowest BCUT2D eigenvalue weighted by atomic mass is 9.93. The molecule has 0 spiro atoms. The van der Waals surface area contributed by atoms with Crippen LogP contribution in [0.5, 0.6) is 0 Å². The van der Waals surface area contributed by atoms with Crippen molar-refractivity contribution in [3.8, 4) is 0 Å². The van der Waals surface area contributed by atoms with E-state index in [1.807, 2.05) is 0 Å². The molecule has 0 saturated carbocycles. The highest BCUT2D eigenvalue weighted by atomic mass is 16.5. The van der Waals surface area contributed by atoms with Gasteiger partial charge in [-0.3, -0.25) is 4.90 Å². The number of ether oxygens (including phenoxy) is 1. The van der Waals surface area contributed by atoms with Crippen LogP contribution in [0.4, 0.5) is 0 Å². The monoisotopic (exact) mass is 226 g/mol. The molecule has 2 saturated heterocycles. The van der Waals surface area contributed by atoms with Crippen molar-refractivity contribution in [2.24, 2.45) is 5.92 Å². The Morgan fingerprint density at radius 2 is 2.12 bits per heavy atom. The summed E-state index contributed by atoms with van der Waals surface area (Å²) in [5.74, 6) is 0.889. The molecule has 2 rings (SSSR count). The first kappa shape index (κ1) is 12.3. The van der Waals surface area contributed by atoms with Crippen LogP contribution in [-0.2, 0) is 4.74 Å². The molecule has 3 heteroatoms. The maximum atomic E-state index is 5.67. The predicted molar refractivity (Wildman–Crippen MR) is 66.6 cm³/mol. The van der Waals surface area contributed by atoms with Crippen molar-refractivity contribution in [1.29, 1.82) is 0 Å². The minimum absolute atomic E-state index is 0.400. The first-order valence-corrected chi connectivity index (χ1v) is 6.74. The molecule has 2 aliphatic heterocycles. The number of hydrogen-bond acceptors (Lipinski definition) is 3. The largest absolute Gasteiger partial charge is 0.376 e. The fourth-order valence-corrected chi connectivity index (χ4v) is 2.87. The van der Waals surface area contributed by atoms with Crippen LogP contribution in [0.1, 0.15) is 33.6 Å². The van der Waals surface area contributed by atoms with Gasteiger partial charge >= 0.3 is 0 Å². The van der Waals surface area contributed by atoms with Gasteiger partial charge in [0, 0.05) is 25.2 Å². The second-order valence-corrected chi connectivity index (χ2v) is 5.73. The average molecular weight is 226 g/mol. The Labute approximate surface area is 99.5 Å². The van der Waals surface area contributed by atoms with E-state index in [9.17, 15) is 0 Å². The molecule has 1 N–H and O–H groups in total. The molecule has 0 amide bonds. The Hall–Kier alpha value is -0.120. The van der Waals surface area contributed by atoms with Gasteiger partial charge in [0.05, 0.1) is 12.7 Å². The third kappa shape index (κ3) is 3.19. The van der Waals surface area contributed by atoms with Crippen molar-refractivity contribution >= 4 is 0 Å². The van der Waals surface area contributed by atoms with E-state index in [0.29, 0.717) is 18.2 Å². The molecular weight excluding hydrogens is 200 g/mol. The van der Waals surface area contributed by atoms with Crippen LogP contribution >= 0.6 is 0 Å². The molecule has 2 heterocycles. The summed E-state index contributed by atoms with van der Waals surface area (Å²) in [5.41, 5.74) is 0. The summed E-state index contributed by atoms with van der Waals surface area (Å²) in [6, 6.07) is 1.27. The van der Waals surface area contributed by atoms with Crippen LogP contribution in [0, 0.1) is 5.92 Å². The van der Waals surface area contributed by atoms with Gasteiger partial charge in [0.2, 0.25) is 0 Å². The summed E-state index contributed by atoms with van der Waals surface area (Å²) >= 11 is 0. The molecule has 0 aromatic rings. The Bertz CT molecular complexity index is 222. The van der Waals surface area contributed by atoms with E-state index in [4.69, 9.17) is 4.74 Å². The second-order valence-electron chi connectivity index (χ2n) is 5.73. The van der Waals surface area contributed by atoms with E-state index in [-0.39, 0.29) is 0 Å². The SMILES string of the molecule is CC1CCNC(CN2CC(C)OCC2C)C1. The summed E-state index contributed by atoms with van der Waals surface area (Å²) in [7, 11) is 0. The van der Waals surface area contributed by atoms with Crippen molar-refractivity contribution in [1.82, 2.24) is 10.2 Å². The zero-order valence-corrected chi connectivity index (χ0v) is 10.9. The van der Waals surface area contributed by atoms with Crippen LogP contribution in [0.2, 0.25) is 0 Å². The molecule has 94 valence electrons. The van der Waals surface area contributed by atoms with Gasteiger partial charge < -0.3 is 10.1 Å². The number of nitrogens with one attached hydrogen (secondary N) is 1. The van der Waals surface area contributed by atoms with Crippen molar-refractivity contribution < 1.29 is 4.74 Å². The Balaban J connectivity index is 1.82. The van der Waals surface area contributed by atoms with E-state index in [1.165, 1.54) is 25.9 Å². The maximum absolute atomic E-state index is 5.67. The predicted octanol–water partition coefficient (Wildman–Crippen LogP) is 1.48. The Kier molecular flexibility index (Phi) is 4.22. The highest BCUT2D eigenvalue weighted by Gasteiger charge is 2.27. The topological polar surface area (TPSA) is 24.5 Å². The van der Waals surface area contributed by atoms with Gasteiger partial charge in [0.1, 0.15) is 0 Å². The third-order valence-electron chi connectivity index (χ3n) is 3.95. The number of rotatable bonds is 2. The highest BCUT2D eigenvalue weighted by Crippen LogP contribution is 2.18. The van der Waals surface area contributed by atoms with E-state index in [1.54, 1.807) is 0 Å². The molecule has 3 nitrogen and oxygen atoms in total. The van der Waals surface area contributed by atoms with Crippen molar-refractivity contribution in [2.75, 3.05) is 26.2 Å². The van der Waals surface area contributed by atoms with E-state index in [2.05, 4.69) is 31.0 Å². The fraction of sp³-hybridized carbons (Fsp3) is 1.00. The van der Waals surface area contributed by atoms with Gasteiger partial charge in [-0.15, -0.1) is 0 Å². The molecular formula is C13H26N2O. The summed E-state index contributed by atoms with van der Waals surface area (Å²) < 4.78 is 5.67. The van der Waals surface area contributed by atoms with Crippen LogP contribution in [-0.4, -0.2) is 49.3 Å².